The van der Waals surface area contributed by atoms with Crippen LogP contribution in [0.5, 0.6) is 5.75 Å². The highest BCUT2D eigenvalue weighted by Gasteiger charge is 2.50. The Kier molecular flexibility index (Phi) is 6.46. The molecule has 164 valence electrons. The van der Waals surface area contributed by atoms with Gasteiger partial charge in [-0.05, 0) is 44.4 Å². The number of piperazine rings is 1. The Morgan fingerprint density at radius 3 is 2.40 bits per heavy atom. The number of ether oxygens (including phenoxy) is 1. The number of hydrogen-bond acceptors (Lipinski definition) is 5. The number of amides is 3. The fourth-order valence-corrected chi connectivity index (χ4v) is 5.08. The predicted octanol–water partition coefficient (Wildman–Crippen LogP) is 2.85. The van der Waals surface area contributed by atoms with E-state index in [0.29, 0.717) is 6.54 Å². The Bertz CT molecular complexity index is 755. The zero-order chi connectivity index (χ0) is 21.0. The van der Waals surface area contributed by atoms with E-state index in [9.17, 15) is 9.59 Å². The number of nitrogens with zero attached hydrogens (tertiary/aromatic N) is 3. The molecule has 1 spiro atoms. The molecule has 1 aromatic carbocycles. The molecule has 1 aliphatic carbocycles. The van der Waals surface area contributed by atoms with Gasteiger partial charge in [-0.1, -0.05) is 31.4 Å². The van der Waals surface area contributed by atoms with Crippen LogP contribution in [-0.2, 0) is 4.79 Å². The summed E-state index contributed by atoms with van der Waals surface area (Å²) in [6.45, 7) is 5.54. The molecule has 4 rings (SSSR count). The van der Waals surface area contributed by atoms with Gasteiger partial charge < -0.3 is 15.0 Å². The molecular weight excluding hydrogens is 380 g/mol. The van der Waals surface area contributed by atoms with Gasteiger partial charge in [0.15, 0.2) is 0 Å². The van der Waals surface area contributed by atoms with Crippen molar-refractivity contribution in [2.45, 2.75) is 50.5 Å². The number of imide groups is 1. The molecule has 7 heteroatoms. The van der Waals surface area contributed by atoms with Gasteiger partial charge in [0.25, 0.3) is 5.91 Å². The normalized spacial score (nSPS) is 21.9. The number of hydrogen-bond donors (Lipinski definition) is 1. The standard InChI is InChI=1S/C23H34N4O3/c1-30-20-10-4-3-9-19(20)26-17-15-25(16-18-26)13-7-8-14-27-21(28)23(24-22(27)29)11-5-2-6-12-23/h3-4,9-10H,2,5-8,11-18H2,1H3,(H,24,29). The van der Waals surface area contributed by atoms with Gasteiger partial charge in [-0.3, -0.25) is 14.6 Å². The summed E-state index contributed by atoms with van der Waals surface area (Å²) in [6, 6.07) is 7.99. The molecule has 3 aliphatic rings. The number of anilines is 1. The van der Waals surface area contributed by atoms with Crippen LogP contribution in [-0.4, -0.2) is 73.7 Å². The van der Waals surface area contributed by atoms with Crippen LogP contribution in [0.4, 0.5) is 10.5 Å². The molecule has 30 heavy (non-hydrogen) atoms. The summed E-state index contributed by atoms with van der Waals surface area (Å²) in [7, 11) is 1.72. The van der Waals surface area contributed by atoms with Crippen molar-refractivity contribution in [1.29, 1.82) is 0 Å². The molecule has 2 heterocycles. The first-order valence-corrected chi connectivity index (χ1v) is 11.4. The number of carbonyl (C=O) groups is 2. The van der Waals surface area contributed by atoms with E-state index < -0.39 is 5.54 Å². The zero-order valence-corrected chi connectivity index (χ0v) is 18.1. The minimum absolute atomic E-state index is 0.0117. The largest absolute Gasteiger partial charge is 0.495 e. The SMILES string of the molecule is COc1ccccc1N1CCN(CCCCN2C(=O)NC3(CCCCC3)C2=O)CC1. The number of rotatable bonds is 7. The maximum absolute atomic E-state index is 12.8. The molecule has 0 atom stereocenters. The van der Waals surface area contributed by atoms with Crippen LogP contribution in [0.25, 0.3) is 0 Å². The van der Waals surface area contributed by atoms with Crippen molar-refractivity contribution in [1.82, 2.24) is 15.1 Å². The second kappa shape index (κ2) is 9.25. The van der Waals surface area contributed by atoms with Crippen LogP contribution in [0.3, 0.4) is 0 Å². The molecule has 7 nitrogen and oxygen atoms in total. The lowest BCUT2D eigenvalue weighted by molar-refractivity contribution is -0.132. The number of benzene rings is 1. The van der Waals surface area contributed by atoms with Gasteiger partial charge in [-0.15, -0.1) is 0 Å². The maximum Gasteiger partial charge on any atom is 0.325 e. The van der Waals surface area contributed by atoms with Gasteiger partial charge in [-0.2, -0.15) is 0 Å². The Labute approximate surface area is 179 Å². The third-order valence-electron chi connectivity index (χ3n) is 6.86. The monoisotopic (exact) mass is 414 g/mol. The highest BCUT2D eigenvalue weighted by atomic mass is 16.5. The zero-order valence-electron chi connectivity index (χ0n) is 18.1. The summed E-state index contributed by atoms with van der Waals surface area (Å²) in [5, 5.41) is 3.00. The van der Waals surface area contributed by atoms with Crippen molar-refractivity contribution in [3.05, 3.63) is 24.3 Å². The number of methoxy groups -OCH3 is 1. The summed E-state index contributed by atoms with van der Waals surface area (Å²) in [4.78, 5) is 31.5. The van der Waals surface area contributed by atoms with E-state index in [-0.39, 0.29) is 11.9 Å². The Morgan fingerprint density at radius 1 is 0.967 bits per heavy atom. The van der Waals surface area contributed by atoms with E-state index in [1.54, 1.807) is 7.11 Å². The van der Waals surface area contributed by atoms with Gasteiger partial charge in [0.05, 0.1) is 12.8 Å². The lowest BCUT2D eigenvalue weighted by atomic mass is 9.82. The summed E-state index contributed by atoms with van der Waals surface area (Å²) in [5.74, 6) is 0.938. The van der Waals surface area contributed by atoms with Crippen molar-refractivity contribution in [2.24, 2.45) is 0 Å². The first-order chi connectivity index (χ1) is 14.6. The average molecular weight is 415 g/mol. The van der Waals surface area contributed by atoms with Crippen molar-refractivity contribution in [3.63, 3.8) is 0 Å². The second-order valence-electron chi connectivity index (χ2n) is 8.74. The van der Waals surface area contributed by atoms with Crippen LogP contribution in [0.2, 0.25) is 0 Å². The molecular formula is C23H34N4O3. The molecule has 1 aromatic rings. The van der Waals surface area contributed by atoms with E-state index in [2.05, 4.69) is 27.2 Å². The maximum atomic E-state index is 12.8. The molecule has 0 aromatic heterocycles. The number of urea groups is 1. The van der Waals surface area contributed by atoms with Gasteiger partial charge in [0.2, 0.25) is 0 Å². The lowest BCUT2D eigenvalue weighted by Crippen LogP contribution is -2.48. The third kappa shape index (κ3) is 4.26. The van der Waals surface area contributed by atoms with Crippen molar-refractivity contribution >= 4 is 17.6 Å². The van der Waals surface area contributed by atoms with Crippen LogP contribution in [0.1, 0.15) is 44.9 Å². The van der Waals surface area contributed by atoms with E-state index in [0.717, 1.165) is 89.1 Å². The first-order valence-electron chi connectivity index (χ1n) is 11.4. The Balaban J connectivity index is 1.19. The average Bonchev–Trinajstić information content (AvgIpc) is 3.01. The molecule has 3 fully saturated rings. The van der Waals surface area contributed by atoms with Crippen LogP contribution in [0, 0.1) is 0 Å². The van der Waals surface area contributed by atoms with Gasteiger partial charge >= 0.3 is 6.03 Å². The quantitative estimate of drug-likeness (QED) is 0.549. The molecule has 2 aliphatic heterocycles. The fraction of sp³-hybridized carbons (Fsp3) is 0.652. The predicted molar refractivity (Wildman–Crippen MR) is 117 cm³/mol. The Morgan fingerprint density at radius 2 is 1.67 bits per heavy atom. The van der Waals surface area contributed by atoms with Gasteiger partial charge in [0, 0.05) is 32.7 Å². The number of nitrogens with one attached hydrogen (secondary N) is 1. The first kappa shape index (κ1) is 21.0. The molecule has 0 radical (unpaired) electrons. The molecule has 2 saturated heterocycles. The molecule has 0 bridgehead atoms. The molecule has 0 unspecified atom stereocenters. The van der Waals surface area contributed by atoms with Gasteiger partial charge in [0.1, 0.15) is 11.3 Å². The Hall–Kier alpha value is -2.28. The topological polar surface area (TPSA) is 65.1 Å². The number of unbranched alkanes of at least 4 members (excludes halogenated alkanes) is 1. The fourth-order valence-electron chi connectivity index (χ4n) is 5.08. The molecule has 1 saturated carbocycles. The van der Waals surface area contributed by atoms with E-state index in [1.807, 2.05) is 12.1 Å². The van der Waals surface area contributed by atoms with Crippen LogP contribution < -0.4 is 15.0 Å². The summed E-state index contributed by atoms with van der Waals surface area (Å²) >= 11 is 0. The second-order valence-corrected chi connectivity index (χ2v) is 8.74. The van der Waals surface area contributed by atoms with E-state index in [4.69, 9.17) is 4.74 Å². The number of carbonyl (C=O) groups excluding carboxylic acids is 2. The van der Waals surface area contributed by atoms with E-state index >= 15 is 0 Å². The summed E-state index contributed by atoms with van der Waals surface area (Å²) < 4.78 is 5.49. The van der Waals surface area contributed by atoms with E-state index in [1.165, 1.54) is 4.90 Å². The van der Waals surface area contributed by atoms with Crippen LogP contribution >= 0.6 is 0 Å². The summed E-state index contributed by atoms with van der Waals surface area (Å²) in [6.07, 6.45) is 6.67. The van der Waals surface area contributed by atoms with Crippen molar-refractivity contribution < 1.29 is 14.3 Å². The minimum atomic E-state index is -0.593. The van der Waals surface area contributed by atoms with Crippen molar-refractivity contribution in [3.8, 4) is 5.75 Å². The van der Waals surface area contributed by atoms with Crippen LogP contribution in [0.15, 0.2) is 24.3 Å². The summed E-state index contributed by atoms with van der Waals surface area (Å²) in [5.41, 5.74) is 0.569. The number of para-hydroxylation sites is 2. The highest BCUT2D eigenvalue weighted by Crippen LogP contribution is 2.33. The minimum Gasteiger partial charge on any atom is -0.495 e. The molecule has 1 N–H and O–H groups in total. The van der Waals surface area contributed by atoms with Crippen molar-refractivity contribution in [2.75, 3.05) is 51.3 Å². The third-order valence-corrected chi connectivity index (χ3v) is 6.86. The lowest BCUT2D eigenvalue weighted by Gasteiger charge is -2.36. The van der Waals surface area contributed by atoms with Gasteiger partial charge in [-0.25, -0.2) is 4.79 Å². The highest BCUT2D eigenvalue weighted by molar-refractivity contribution is 6.07. The molecule has 3 amide bonds. The smallest absolute Gasteiger partial charge is 0.325 e.